The number of aromatic nitrogens is 1. The maximum Gasteiger partial charge on any atom is 0.307 e. The predicted molar refractivity (Wildman–Crippen MR) is 132 cm³/mol. The molecular weight excluding hydrogens is 462 g/mol. The number of carbonyl (C=O) groups is 2. The Balaban J connectivity index is 1.11. The molecule has 6 aliphatic carbocycles. The number of fused-ring (bicyclic) bond motifs is 1. The van der Waals surface area contributed by atoms with Crippen LogP contribution in [0.4, 0.5) is 5.82 Å². The van der Waals surface area contributed by atoms with Gasteiger partial charge >= 0.3 is 5.97 Å². The first-order valence-corrected chi connectivity index (χ1v) is 14.4. The molecule has 1 aliphatic heterocycles. The molecule has 6 saturated carbocycles. The summed E-state index contributed by atoms with van der Waals surface area (Å²) < 4.78 is 0. The predicted octanol–water partition coefficient (Wildman–Crippen LogP) is 3.55. The molecule has 1 amide bonds. The lowest BCUT2D eigenvalue weighted by molar-refractivity contribution is -0.139. The molecule has 2 heterocycles. The Labute approximate surface area is 210 Å². The van der Waals surface area contributed by atoms with Gasteiger partial charge in [-0.05, 0) is 86.7 Å². The molecule has 35 heavy (non-hydrogen) atoms. The molecule has 8 heteroatoms. The lowest BCUT2D eigenvalue weighted by Gasteiger charge is -2.58. The van der Waals surface area contributed by atoms with Gasteiger partial charge in [0.15, 0.2) is 0 Å². The fraction of sp³-hybridized carbons (Fsp3) is 0.741. The fourth-order valence-electron chi connectivity index (χ4n) is 8.56. The van der Waals surface area contributed by atoms with Crippen LogP contribution in [0.15, 0.2) is 17.2 Å². The van der Waals surface area contributed by atoms with Gasteiger partial charge in [0.1, 0.15) is 10.8 Å². The maximum absolute atomic E-state index is 13.6. The van der Waals surface area contributed by atoms with Gasteiger partial charge in [-0.3, -0.25) is 9.59 Å². The van der Waals surface area contributed by atoms with Crippen LogP contribution in [0, 0.1) is 35.5 Å². The summed E-state index contributed by atoms with van der Waals surface area (Å²) in [5.41, 5.74) is 0.173. The average molecular weight is 498 g/mol. The highest BCUT2D eigenvalue weighted by molar-refractivity contribution is 7.99. The van der Waals surface area contributed by atoms with Gasteiger partial charge in [-0.2, -0.15) is 0 Å². The minimum absolute atomic E-state index is 0.0239. The van der Waals surface area contributed by atoms with E-state index in [2.05, 4.69) is 10.2 Å². The normalized spacial score (nSPS) is 41.3. The van der Waals surface area contributed by atoms with Crippen molar-refractivity contribution >= 4 is 29.5 Å². The summed E-state index contributed by atoms with van der Waals surface area (Å²) in [4.78, 5) is 32.2. The molecule has 7 fully saturated rings. The van der Waals surface area contributed by atoms with Crippen LogP contribution in [-0.4, -0.2) is 57.1 Å². The van der Waals surface area contributed by atoms with E-state index in [0.717, 1.165) is 56.0 Å². The number of carboxylic acids is 1. The molecule has 7 aliphatic rings. The maximum atomic E-state index is 13.6. The lowest BCUT2D eigenvalue weighted by Crippen LogP contribution is -2.61. The summed E-state index contributed by atoms with van der Waals surface area (Å²) >= 11 is 1.75. The molecule has 2 unspecified atom stereocenters. The Hall–Kier alpha value is -1.80. The topological polar surface area (TPSA) is 103 Å². The molecule has 1 saturated heterocycles. The zero-order valence-electron chi connectivity index (χ0n) is 20.1. The van der Waals surface area contributed by atoms with E-state index in [1.165, 1.54) is 25.7 Å². The standard InChI is InChI=1S/C27H35N3O4S/c31-24(29-23-15-7-14-8-16(23)11-27(34,9-14)10-15)18-5-6-21(28-25(18)35-17-3-1-2-4-17)30-12-19-20(13-30)22(19)26(32)33/h5-6,14-17,19-20,22-23,34H,1-4,7-13H2,(H,29,31)(H,32,33)/t14?,15?,16?,19-,20+,22+,23-,27+. The third kappa shape index (κ3) is 3.86. The second-order valence-corrected chi connectivity index (χ2v) is 13.6. The van der Waals surface area contributed by atoms with E-state index in [9.17, 15) is 19.8 Å². The smallest absolute Gasteiger partial charge is 0.307 e. The molecule has 0 spiro atoms. The van der Waals surface area contributed by atoms with Crippen molar-refractivity contribution in [3.8, 4) is 0 Å². The number of anilines is 1. The number of aliphatic hydroxyl groups is 1. The number of nitrogens with one attached hydrogen (secondary N) is 1. The fourth-order valence-corrected chi connectivity index (χ4v) is 9.88. The van der Waals surface area contributed by atoms with Gasteiger partial charge < -0.3 is 20.4 Å². The Bertz CT molecular complexity index is 1030. The molecule has 188 valence electrons. The Morgan fingerprint density at radius 3 is 2.37 bits per heavy atom. The number of hydrogen-bond acceptors (Lipinski definition) is 6. The second-order valence-electron chi connectivity index (χ2n) is 12.3. The summed E-state index contributed by atoms with van der Waals surface area (Å²) in [6.45, 7) is 1.48. The van der Waals surface area contributed by atoms with Crippen molar-refractivity contribution in [3.63, 3.8) is 0 Å². The van der Waals surface area contributed by atoms with Gasteiger partial charge in [0.25, 0.3) is 5.91 Å². The quantitative estimate of drug-likeness (QED) is 0.552. The molecule has 1 aromatic heterocycles. The van der Waals surface area contributed by atoms with Crippen LogP contribution >= 0.6 is 11.8 Å². The van der Waals surface area contributed by atoms with E-state index in [1.807, 2.05) is 12.1 Å². The third-order valence-electron chi connectivity index (χ3n) is 10.0. The summed E-state index contributed by atoms with van der Waals surface area (Å²) in [5.74, 6) is 1.83. The highest BCUT2D eigenvalue weighted by Gasteiger charge is 2.60. The van der Waals surface area contributed by atoms with Gasteiger partial charge in [0.05, 0.1) is 17.1 Å². The van der Waals surface area contributed by atoms with E-state index >= 15 is 0 Å². The van der Waals surface area contributed by atoms with Crippen LogP contribution in [0.2, 0.25) is 0 Å². The first kappa shape index (κ1) is 22.4. The molecular formula is C27H35N3O4S. The summed E-state index contributed by atoms with van der Waals surface area (Å²) in [7, 11) is 0. The SMILES string of the molecule is O=C(N[C@H]1C2CC3CC1C[C@@](O)(C3)C2)c1ccc(N2C[C@@H]3[C@H](C2)[C@H]3C(=O)O)nc1SC1CCCC1. The van der Waals surface area contributed by atoms with Crippen molar-refractivity contribution in [2.45, 2.75) is 79.7 Å². The molecule has 3 N–H and O–H groups in total. The lowest BCUT2D eigenvalue weighted by atomic mass is 9.52. The highest BCUT2D eigenvalue weighted by Crippen LogP contribution is 2.56. The van der Waals surface area contributed by atoms with Crippen molar-refractivity contribution in [1.29, 1.82) is 0 Å². The molecule has 0 radical (unpaired) electrons. The van der Waals surface area contributed by atoms with Gasteiger partial charge in [0.2, 0.25) is 0 Å². The van der Waals surface area contributed by atoms with Crippen LogP contribution in [0.1, 0.15) is 68.1 Å². The number of hydrogen-bond donors (Lipinski definition) is 3. The van der Waals surface area contributed by atoms with Crippen LogP contribution < -0.4 is 10.2 Å². The van der Waals surface area contributed by atoms with Gasteiger partial charge in [-0.25, -0.2) is 4.98 Å². The van der Waals surface area contributed by atoms with E-state index in [0.29, 0.717) is 28.6 Å². The molecule has 5 atom stereocenters. The largest absolute Gasteiger partial charge is 0.481 e. The van der Waals surface area contributed by atoms with Crippen molar-refractivity contribution in [3.05, 3.63) is 17.7 Å². The number of thioether (sulfide) groups is 1. The second kappa shape index (κ2) is 8.10. The minimum atomic E-state index is -0.672. The van der Waals surface area contributed by atoms with Gasteiger partial charge in [0, 0.05) is 24.4 Å². The molecule has 0 aromatic carbocycles. The molecule has 8 rings (SSSR count). The number of pyridine rings is 1. The van der Waals surface area contributed by atoms with Crippen LogP contribution in [0.25, 0.3) is 0 Å². The van der Waals surface area contributed by atoms with Crippen molar-refractivity contribution < 1.29 is 19.8 Å². The van der Waals surface area contributed by atoms with Gasteiger partial charge in [-0.15, -0.1) is 11.8 Å². The zero-order chi connectivity index (χ0) is 23.9. The molecule has 4 bridgehead atoms. The Morgan fingerprint density at radius 1 is 1.06 bits per heavy atom. The van der Waals surface area contributed by atoms with Crippen LogP contribution in [0.3, 0.4) is 0 Å². The van der Waals surface area contributed by atoms with Crippen molar-refractivity contribution in [1.82, 2.24) is 10.3 Å². The first-order valence-electron chi connectivity index (χ1n) is 13.6. The van der Waals surface area contributed by atoms with E-state index in [1.54, 1.807) is 11.8 Å². The minimum Gasteiger partial charge on any atom is -0.481 e. The third-order valence-corrected chi connectivity index (χ3v) is 11.4. The van der Waals surface area contributed by atoms with E-state index < -0.39 is 11.6 Å². The van der Waals surface area contributed by atoms with Crippen LogP contribution in [0.5, 0.6) is 0 Å². The van der Waals surface area contributed by atoms with Crippen LogP contribution in [-0.2, 0) is 4.79 Å². The monoisotopic (exact) mass is 497 g/mol. The molecule has 1 aromatic rings. The number of carboxylic acid groups (broad SMARTS) is 1. The summed E-state index contributed by atoms with van der Waals surface area (Å²) in [5, 5.41) is 25.0. The number of nitrogens with zero attached hydrogens (tertiary/aromatic N) is 2. The summed E-state index contributed by atoms with van der Waals surface area (Å²) in [6.07, 6.45) is 9.64. The number of carbonyl (C=O) groups excluding carboxylic acids is 1. The molecule has 7 nitrogen and oxygen atoms in total. The average Bonchev–Trinajstić information content (AvgIpc) is 3.14. The number of aliphatic carboxylic acids is 1. The van der Waals surface area contributed by atoms with Crippen molar-refractivity contribution in [2.75, 3.05) is 18.0 Å². The van der Waals surface area contributed by atoms with Gasteiger partial charge in [-0.1, -0.05) is 12.8 Å². The highest BCUT2D eigenvalue weighted by atomic mass is 32.2. The van der Waals surface area contributed by atoms with E-state index in [4.69, 9.17) is 4.98 Å². The number of amides is 1. The first-order chi connectivity index (χ1) is 16.9. The van der Waals surface area contributed by atoms with Crippen molar-refractivity contribution in [2.24, 2.45) is 35.5 Å². The zero-order valence-corrected chi connectivity index (χ0v) is 20.9. The van der Waals surface area contributed by atoms with E-state index in [-0.39, 0.29) is 29.7 Å². The number of rotatable bonds is 6. The Kier molecular flexibility index (Phi) is 5.19. The summed E-state index contributed by atoms with van der Waals surface area (Å²) in [6, 6.07) is 4.05. The number of piperidine rings is 1. The Morgan fingerprint density at radius 2 is 1.74 bits per heavy atom.